The van der Waals surface area contributed by atoms with Crippen LogP contribution in [0.4, 0.5) is 0 Å². The number of halogens is 1. The molecule has 0 saturated heterocycles. The van der Waals surface area contributed by atoms with Crippen LogP contribution in [-0.2, 0) is 5.75 Å². The van der Waals surface area contributed by atoms with Crippen molar-refractivity contribution in [2.75, 3.05) is 0 Å². The molecule has 0 saturated carbocycles. The van der Waals surface area contributed by atoms with Crippen molar-refractivity contribution in [1.82, 2.24) is 4.98 Å². The molecule has 3 heteroatoms. The molecule has 1 aromatic heterocycles. The highest BCUT2D eigenvalue weighted by molar-refractivity contribution is 9.10. The molecule has 0 bridgehead atoms. The van der Waals surface area contributed by atoms with E-state index in [1.165, 1.54) is 33.2 Å². The van der Waals surface area contributed by atoms with Crippen molar-refractivity contribution < 1.29 is 0 Å². The van der Waals surface area contributed by atoms with E-state index in [9.17, 15) is 0 Å². The molecule has 2 atom stereocenters. The first kappa shape index (κ1) is 21.1. The van der Waals surface area contributed by atoms with Gasteiger partial charge in [0.25, 0.3) is 0 Å². The summed E-state index contributed by atoms with van der Waals surface area (Å²) < 4.78 is 1.10. The molecule has 158 valence electrons. The Morgan fingerprint density at radius 3 is 2.03 bits per heavy atom. The minimum atomic E-state index is 0.218. The zero-order chi connectivity index (χ0) is 21.8. The third-order valence-electron chi connectivity index (χ3n) is 5.87. The van der Waals surface area contributed by atoms with Crippen LogP contribution in [-0.4, -0.2) is 4.98 Å². The molecule has 0 radical (unpaired) electrons. The van der Waals surface area contributed by atoms with Crippen LogP contribution in [0.5, 0.6) is 0 Å². The fraction of sp³-hybridized carbons (Fsp3) is 0.103. The second kappa shape index (κ2) is 9.81. The van der Waals surface area contributed by atoms with Crippen LogP contribution in [0.3, 0.4) is 0 Å². The Hall–Kier alpha value is -2.75. The maximum Gasteiger partial charge on any atom is 0.0457 e. The van der Waals surface area contributed by atoms with E-state index in [1.54, 1.807) is 0 Å². The van der Waals surface area contributed by atoms with E-state index in [0.717, 1.165) is 10.2 Å². The van der Waals surface area contributed by atoms with Crippen molar-refractivity contribution in [2.24, 2.45) is 0 Å². The molecule has 1 N–H and O–H groups in total. The summed E-state index contributed by atoms with van der Waals surface area (Å²) in [6.07, 6.45) is 2.20. The number of nitrogens with one attached hydrogen (secondary N) is 1. The number of rotatable bonds is 7. The lowest BCUT2D eigenvalue weighted by molar-refractivity contribution is 0.791. The molecule has 0 amide bonds. The summed E-state index contributed by atoms with van der Waals surface area (Å²) >= 11 is 5.70. The number of hydrogen-bond donors (Lipinski definition) is 1. The summed E-state index contributed by atoms with van der Waals surface area (Å²) in [5.74, 6) is 1.19. The van der Waals surface area contributed by atoms with E-state index in [-0.39, 0.29) is 11.2 Å². The number of aromatic amines is 1. The number of fused-ring (bicyclic) bond motifs is 1. The maximum atomic E-state index is 3.68. The smallest absolute Gasteiger partial charge is 0.0457 e. The standard InChI is InChI=1S/C29H24BrNS/c30-24-16-17-27-25(18-24)26(19-31-27)28(22-12-6-2-7-13-22)29(23-14-8-3-9-15-23)32-20-21-10-4-1-5-11-21/h1-19,28-29,31H,20H2/t28-,29+/m1/s1. The first-order valence-corrected chi connectivity index (χ1v) is 12.7. The molecule has 4 aromatic carbocycles. The van der Waals surface area contributed by atoms with E-state index in [0.29, 0.717) is 0 Å². The van der Waals surface area contributed by atoms with Gasteiger partial charge < -0.3 is 4.98 Å². The topological polar surface area (TPSA) is 15.8 Å². The number of aromatic nitrogens is 1. The minimum absolute atomic E-state index is 0.218. The average Bonchev–Trinajstić information content (AvgIpc) is 3.26. The van der Waals surface area contributed by atoms with Crippen molar-refractivity contribution in [3.63, 3.8) is 0 Å². The second-order valence-corrected chi connectivity index (χ2v) is 10.00. The predicted octanol–water partition coefficient (Wildman–Crippen LogP) is 8.74. The molecule has 0 spiro atoms. The molecule has 32 heavy (non-hydrogen) atoms. The van der Waals surface area contributed by atoms with Gasteiger partial charge in [0.15, 0.2) is 0 Å². The Kier molecular flexibility index (Phi) is 6.47. The van der Waals surface area contributed by atoms with Crippen molar-refractivity contribution in [2.45, 2.75) is 16.9 Å². The molecular weight excluding hydrogens is 474 g/mol. The Balaban J connectivity index is 1.64. The van der Waals surface area contributed by atoms with Crippen molar-refractivity contribution in [3.8, 4) is 0 Å². The van der Waals surface area contributed by atoms with Gasteiger partial charge in [0.05, 0.1) is 0 Å². The zero-order valence-electron chi connectivity index (χ0n) is 17.6. The van der Waals surface area contributed by atoms with Gasteiger partial charge in [0.2, 0.25) is 0 Å². The fourth-order valence-electron chi connectivity index (χ4n) is 4.34. The Bertz CT molecular complexity index is 1280. The van der Waals surface area contributed by atoms with Crippen LogP contribution < -0.4 is 0 Å². The normalized spacial score (nSPS) is 13.2. The minimum Gasteiger partial charge on any atom is -0.361 e. The number of hydrogen-bond acceptors (Lipinski definition) is 1. The van der Waals surface area contributed by atoms with Crippen LogP contribution in [0.15, 0.2) is 120 Å². The highest BCUT2D eigenvalue weighted by Gasteiger charge is 2.29. The number of H-pyrrole nitrogens is 1. The molecule has 1 nitrogen and oxygen atoms in total. The van der Waals surface area contributed by atoms with Crippen LogP contribution >= 0.6 is 27.7 Å². The Morgan fingerprint density at radius 1 is 0.719 bits per heavy atom. The van der Waals surface area contributed by atoms with Gasteiger partial charge in [-0.1, -0.05) is 107 Å². The zero-order valence-corrected chi connectivity index (χ0v) is 20.0. The van der Waals surface area contributed by atoms with Crippen LogP contribution in [0, 0.1) is 0 Å². The van der Waals surface area contributed by atoms with Gasteiger partial charge in [-0.25, -0.2) is 0 Å². The van der Waals surface area contributed by atoms with Crippen molar-refractivity contribution in [3.05, 3.63) is 142 Å². The molecule has 1 heterocycles. The lowest BCUT2D eigenvalue weighted by atomic mass is 9.85. The van der Waals surface area contributed by atoms with Gasteiger partial charge in [-0.3, -0.25) is 0 Å². The molecule has 0 aliphatic heterocycles. The van der Waals surface area contributed by atoms with E-state index >= 15 is 0 Å². The van der Waals surface area contributed by atoms with Gasteiger partial charge >= 0.3 is 0 Å². The molecule has 0 aliphatic carbocycles. The van der Waals surface area contributed by atoms with Gasteiger partial charge in [0, 0.05) is 38.5 Å². The first-order chi connectivity index (χ1) is 15.8. The number of benzene rings is 4. The van der Waals surface area contributed by atoms with E-state index in [4.69, 9.17) is 0 Å². The highest BCUT2D eigenvalue weighted by atomic mass is 79.9. The average molecular weight is 498 g/mol. The van der Waals surface area contributed by atoms with Crippen LogP contribution in [0.1, 0.15) is 33.4 Å². The largest absolute Gasteiger partial charge is 0.361 e. The Morgan fingerprint density at radius 2 is 1.34 bits per heavy atom. The fourth-order valence-corrected chi connectivity index (χ4v) is 6.11. The van der Waals surface area contributed by atoms with Crippen molar-refractivity contribution >= 4 is 38.6 Å². The maximum absolute atomic E-state index is 3.68. The summed E-state index contributed by atoms with van der Waals surface area (Å²) in [6, 6.07) is 39.1. The number of thioether (sulfide) groups is 1. The lowest BCUT2D eigenvalue weighted by Crippen LogP contribution is -2.11. The molecule has 0 fully saturated rings. The summed E-state index contributed by atoms with van der Waals surface area (Å²) in [5, 5.41) is 1.55. The third-order valence-corrected chi connectivity index (χ3v) is 7.77. The molecule has 0 aliphatic rings. The second-order valence-electron chi connectivity index (χ2n) is 7.95. The molecule has 0 unspecified atom stereocenters. The van der Waals surface area contributed by atoms with E-state index < -0.39 is 0 Å². The van der Waals surface area contributed by atoms with E-state index in [2.05, 4.69) is 136 Å². The van der Waals surface area contributed by atoms with Gasteiger partial charge in [-0.15, -0.1) is 11.8 Å². The summed E-state index contributed by atoms with van der Waals surface area (Å²) in [6.45, 7) is 0. The summed E-state index contributed by atoms with van der Waals surface area (Å²) in [5.41, 5.74) is 6.55. The van der Waals surface area contributed by atoms with Crippen LogP contribution in [0.25, 0.3) is 10.9 Å². The quantitative estimate of drug-likeness (QED) is 0.237. The predicted molar refractivity (Wildman–Crippen MR) is 141 cm³/mol. The third kappa shape index (κ3) is 4.55. The van der Waals surface area contributed by atoms with Crippen LogP contribution in [0.2, 0.25) is 0 Å². The Labute approximate surface area is 202 Å². The molecule has 5 rings (SSSR count). The molecular formula is C29H24BrNS. The lowest BCUT2D eigenvalue weighted by Gasteiger charge is -2.28. The summed E-state index contributed by atoms with van der Waals surface area (Å²) in [7, 11) is 0. The first-order valence-electron chi connectivity index (χ1n) is 10.8. The summed E-state index contributed by atoms with van der Waals surface area (Å²) in [4.78, 5) is 3.52. The SMILES string of the molecule is Brc1ccc2[nH]cc([C@@H](c3ccccc3)[C@@H](SCc3ccccc3)c3ccccc3)c2c1. The monoisotopic (exact) mass is 497 g/mol. The van der Waals surface area contributed by atoms with Gasteiger partial charge in [-0.2, -0.15) is 0 Å². The highest BCUT2D eigenvalue weighted by Crippen LogP contribution is 2.48. The van der Waals surface area contributed by atoms with E-state index in [1.807, 2.05) is 11.8 Å². The molecule has 5 aromatic rings. The van der Waals surface area contributed by atoms with Gasteiger partial charge in [-0.05, 0) is 40.5 Å². The van der Waals surface area contributed by atoms with Gasteiger partial charge in [0.1, 0.15) is 0 Å². The van der Waals surface area contributed by atoms with Crippen molar-refractivity contribution in [1.29, 1.82) is 0 Å².